The lowest BCUT2D eigenvalue weighted by Crippen LogP contribution is -2.12. The Morgan fingerprint density at radius 1 is 0.720 bits per heavy atom. The molecule has 0 aromatic heterocycles. The van der Waals surface area contributed by atoms with Crippen LogP contribution in [0.25, 0.3) is 0 Å². The number of benzene rings is 2. The monoisotopic (exact) mass is 406 g/mol. The highest BCUT2D eigenvalue weighted by Crippen LogP contribution is 2.45. The summed E-state index contributed by atoms with van der Waals surface area (Å²) in [6.07, 6.45) is 0. The zero-order valence-corrected chi connectivity index (χ0v) is 15.4. The molecule has 25 heavy (non-hydrogen) atoms. The van der Waals surface area contributed by atoms with Crippen molar-refractivity contribution in [3.05, 3.63) is 48.5 Å². The number of hydrogen-bond acceptors (Lipinski definition) is 7. The van der Waals surface area contributed by atoms with Crippen molar-refractivity contribution in [2.45, 2.75) is 9.79 Å². The van der Waals surface area contributed by atoms with Gasteiger partial charge in [-0.2, -0.15) is 0 Å². The van der Waals surface area contributed by atoms with Gasteiger partial charge in [0.15, 0.2) is 0 Å². The summed E-state index contributed by atoms with van der Waals surface area (Å²) in [7, 11) is -11.3. The second kappa shape index (κ2) is 6.77. The molecule has 0 saturated carbocycles. The summed E-state index contributed by atoms with van der Waals surface area (Å²) in [4.78, 5) is -0.240. The lowest BCUT2D eigenvalue weighted by molar-refractivity contribution is 0.393. The van der Waals surface area contributed by atoms with E-state index in [-0.39, 0.29) is 21.3 Å². The third kappa shape index (κ3) is 5.55. The van der Waals surface area contributed by atoms with Crippen LogP contribution in [0, 0.1) is 0 Å². The van der Waals surface area contributed by atoms with Gasteiger partial charge in [0.05, 0.1) is 16.5 Å². The van der Waals surface area contributed by atoms with E-state index in [1.165, 1.54) is 55.2 Å². The van der Waals surface area contributed by atoms with Crippen molar-refractivity contribution >= 4 is 27.6 Å². The molecule has 0 unspecified atom stereocenters. The normalized spacial score (nSPS) is 12.6. The molecular weight excluding hydrogens is 391 g/mol. The number of hydrogen-bond donors (Lipinski definition) is 2. The van der Waals surface area contributed by atoms with Crippen molar-refractivity contribution in [1.82, 2.24) is 0 Å². The summed E-state index contributed by atoms with van der Waals surface area (Å²) in [5, 5.41) is 9.96. The Labute approximate surface area is 145 Å². The van der Waals surface area contributed by atoms with E-state index in [1.54, 1.807) is 0 Å². The molecule has 0 saturated heterocycles. The summed E-state index contributed by atoms with van der Waals surface area (Å²) in [5.74, 6) is 0.221. The largest absolute Gasteiger partial charge is 0.427 e. The Morgan fingerprint density at radius 3 is 1.24 bits per heavy atom. The average molecular weight is 406 g/mol. The molecule has 0 bridgehead atoms. The molecule has 0 heterocycles. The van der Waals surface area contributed by atoms with E-state index in [4.69, 9.17) is 19.3 Å². The molecular formula is C13H15N2O7PS2. The maximum atomic E-state index is 12.4. The van der Waals surface area contributed by atoms with Gasteiger partial charge in [-0.15, -0.1) is 0 Å². The number of rotatable bonds is 6. The Bertz CT molecular complexity index is 936. The molecule has 0 aliphatic rings. The fourth-order valence-electron chi connectivity index (χ4n) is 1.78. The first-order chi connectivity index (χ1) is 11.4. The van der Waals surface area contributed by atoms with Gasteiger partial charge in [0.2, 0.25) is 20.0 Å². The van der Waals surface area contributed by atoms with Crippen LogP contribution in [-0.4, -0.2) is 23.5 Å². The van der Waals surface area contributed by atoms with E-state index in [2.05, 4.69) is 0 Å². The second-order valence-electron chi connectivity index (χ2n) is 4.99. The van der Waals surface area contributed by atoms with Gasteiger partial charge in [0.1, 0.15) is 11.5 Å². The van der Waals surface area contributed by atoms with Crippen molar-refractivity contribution in [2.24, 2.45) is 10.3 Å². The van der Waals surface area contributed by atoms with Crippen LogP contribution < -0.4 is 19.3 Å². The van der Waals surface area contributed by atoms with Gasteiger partial charge in [0, 0.05) is 0 Å². The summed E-state index contributed by atoms with van der Waals surface area (Å²) in [6.45, 7) is 1.20. The van der Waals surface area contributed by atoms with E-state index < -0.39 is 27.6 Å². The first-order valence-corrected chi connectivity index (χ1v) is 11.7. The summed E-state index contributed by atoms with van der Waals surface area (Å²) in [5.41, 5.74) is 0. The van der Waals surface area contributed by atoms with Crippen LogP contribution in [0.15, 0.2) is 58.3 Å². The molecule has 0 aliphatic carbocycles. The molecule has 0 fully saturated rings. The molecule has 4 N–H and O–H groups in total. The van der Waals surface area contributed by atoms with Crippen molar-refractivity contribution in [3.8, 4) is 11.5 Å². The minimum atomic E-state index is -3.84. The molecule has 0 radical (unpaired) electrons. The molecule has 2 rings (SSSR count). The molecule has 9 nitrogen and oxygen atoms in total. The Kier molecular flexibility index (Phi) is 5.26. The highest BCUT2D eigenvalue weighted by atomic mass is 32.2. The molecule has 0 atom stereocenters. The van der Waals surface area contributed by atoms with Crippen molar-refractivity contribution in [2.75, 3.05) is 6.66 Å². The third-order valence-electron chi connectivity index (χ3n) is 2.85. The van der Waals surface area contributed by atoms with E-state index in [9.17, 15) is 21.4 Å². The Balaban J connectivity index is 2.13. The van der Waals surface area contributed by atoms with E-state index in [0.717, 1.165) is 0 Å². The van der Waals surface area contributed by atoms with Gasteiger partial charge >= 0.3 is 7.60 Å². The van der Waals surface area contributed by atoms with Gasteiger partial charge in [0.25, 0.3) is 0 Å². The Morgan fingerprint density at radius 2 is 1.00 bits per heavy atom. The van der Waals surface area contributed by atoms with Crippen LogP contribution in [0.4, 0.5) is 0 Å². The number of sulfonamides is 2. The maximum absolute atomic E-state index is 12.4. The highest BCUT2D eigenvalue weighted by Gasteiger charge is 2.21. The van der Waals surface area contributed by atoms with Crippen molar-refractivity contribution < 1.29 is 30.4 Å². The zero-order chi connectivity index (χ0) is 18.9. The molecule has 136 valence electrons. The van der Waals surface area contributed by atoms with Crippen molar-refractivity contribution in [1.29, 1.82) is 0 Å². The van der Waals surface area contributed by atoms with E-state index >= 15 is 0 Å². The predicted molar refractivity (Wildman–Crippen MR) is 90.4 cm³/mol. The second-order valence-corrected chi connectivity index (χ2v) is 10.0. The molecule has 12 heteroatoms. The highest BCUT2D eigenvalue weighted by molar-refractivity contribution is 7.89. The topological polar surface area (TPSA) is 156 Å². The smallest absolute Gasteiger partial charge is 0.416 e. The first kappa shape index (κ1) is 19.4. The predicted octanol–water partition coefficient (Wildman–Crippen LogP) is 1.26. The van der Waals surface area contributed by atoms with Crippen LogP contribution in [0.3, 0.4) is 0 Å². The summed E-state index contributed by atoms with van der Waals surface area (Å²) in [6, 6.07) is 9.92. The first-order valence-electron chi connectivity index (χ1n) is 6.59. The van der Waals surface area contributed by atoms with Gasteiger partial charge in [-0.05, 0) is 48.5 Å². The minimum absolute atomic E-state index is 0.111. The number of primary sulfonamides is 2. The third-order valence-corrected chi connectivity index (χ3v) is 5.79. The van der Waals surface area contributed by atoms with Crippen LogP contribution in [0.1, 0.15) is 0 Å². The standard InChI is InChI=1S/C13H15N2O7PS2/c1-23(16,21-10-2-6-12(7-3-10)24(14,17)18)22-11-4-8-13(9-5-11)25(15,19)20/h2-9H,1H3,(H2,14,17,18)(H2,15,19,20). The maximum Gasteiger partial charge on any atom is 0.427 e. The van der Waals surface area contributed by atoms with E-state index in [0.29, 0.717) is 0 Å². The zero-order valence-electron chi connectivity index (χ0n) is 12.9. The fourth-order valence-corrected chi connectivity index (χ4v) is 3.86. The average Bonchev–Trinajstić information content (AvgIpc) is 2.45. The quantitative estimate of drug-likeness (QED) is 0.684. The summed E-state index contributed by atoms with van der Waals surface area (Å²) < 4.78 is 67.5. The van der Waals surface area contributed by atoms with Gasteiger partial charge in [-0.1, -0.05) is 0 Å². The molecule has 2 aromatic rings. The molecule has 0 spiro atoms. The fraction of sp³-hybridized carbons (Fsp3) is 0.0769. The van der Waals surface area contributed by atoms with Crippen LogP contribution in [0.2, 0.25) is 0 Å². The van der Waals surface area contributed by atoms with Crippen molar-refractivity contribution in [3.63, 3.8) is 0 Å². The number of nitrogens with two attached hydrogens (primary N) is 2. The molecule has 0 aliphatic heterocycles. The Hall–Kier alpha value is -1.91. The SMILES string of the molecule is CP(=O)(Oc1ccc(S(N)(=O)=O)cc1)Oc1ccc(S(N)(=O)=O)cc1. The van der Waals surface area contributed by atoms with Crippen LogP contribution >= 0.6 is 7.60 Å². The van der Waals surface area contributed by atoms with Crippen LogP contribution in [-0.2, 0) is 24.6 Å². The van der Waals surface area contributed by atoms with Gasteiger partial charge < -0.3 is 9.05 Å². The van der Waals surface area contributed by atoms with Crippen LogP contribution in [0.5, 0.6) is 11.5 Å². The van der Waals surface area contributed by atoms with Gasteiger partial charge in [-0.3, -0.25) is 0 Å². The summed E-state index contributed by atoms with van der Waals surface area (Å²) >= 11 is 0. The minimum Gasteiger partial charge on any atom is -0.416 e. The lowest BCUT2D eigenvalue weighted by Gasteiger charge is -2.16. The molecule has 2 aromatic carbocycles. The van der Waals surface area contributed by atoms with E-state index in [1.807, 2.05) is 0 Å². The molecule has 0 amide bonds. The van der Waals surface area contributed by atoms with Gasteiger partial charge in [-0.25, -0.2) is 31.7 Å². The lowest BCUT2D eigenvalue weighted by atomic mass is 10.3.